The summed E-state index contributed by atoms with van der Waals surface area (Å²) in [6.07, 6.45) is 1.87. The first-order valence-corrected chi connectivity index (χ1v) is 6.08. The van der Waals surface area contributed by atoms with Gasteiger partial charge in [0.2, 0.25) is 0 Å². The number of aromatic nitrogens is 1. The van der Waals surface area contributed by atoms with Gasteiger partial charge in [-0.05, 0) is 19.4 Å². The lowest BCUT2D eigenvalue weighted by Gasteiger charge is -2.15. The summed E-state index contributed by atoms with van der Waals surface area (Å²) in [5, 5.41) is 6.38. The van der Waals surface area contributed by atoms with Crippen molar-refractivity contribution < 1.29 is 4.74 Å². The van der Waals surface area contributed by atoms with Gasteiger partial charge >= 0.3 is 0 Å². The van der Waals surface area contributed by atoms with E-state index in [4.69, 9.17) is 10.5 Å². The number of nitrogens with one attached hydrogen (secondary N) is 1. The van der Waals surface area contributed by atoms with Gasteiger partial charge in [0.25, 0.3) is 0 Å². The van der Waals surface area contributed by atoms with Crippen molar-refractivity contribution in [2.75, 3.05) is 25.6 Å². The third-order valence-electron chi connectivity index (χ3n) is 2.12. The summed E-state index contributed by atoms with van der Waals surface area (Å²) in [5.74, 6) is 0. The molecule has 1 aromatic heterocycles. The Morgan fingerprint density at radius 3 is 3.00 bits per heavy atom. The Bertz CT molecular complexity index is 271. The normalized spacial score (nSPS) is 12.7. The van der Waals surface area contributed by atoms with Gasteiger partial charge in [0.05, 0.1) is 18.3 Å². The summed E-state index contributed by atoms with van der Waals surface area (Å²) >= 11 is 1.64. The van der Waals surface area contributed by atoms with Gasteiger partial charge in [-0.15, -0.1) is 11.3 Å². The van der Waals surface area contributed by atoms with E-state index in [-0.39, 0.29) is 6.04 Å². The number of nitrogens with two attached hydrogens (primary N) is 1. The molecule has 0 aliphatic rings. The van der Waals surface area contributed by atoms with Crippen LogP contribution >= 0.6 is 11.3 Å². The fraction of sp³-hybridized carbons (Fsp3) is 0.700. The van der Waals surface area contributed by atoms with E-state index in [1.807, 2.05) is 0 Å². The maximum absolute atomic E-state index is 5.53. The molecule has 86 valence electrons. The van der Waals surface area contributed by atoms with Crippen LogP contribution in [0.3, 0.4) is 0 Å². The summed E-state index contributed by atoms with van der Waals surface area (Å²) in [6, 6.07) is 0.260. The minimum absolute atomic E-state index is 0.260. The van der Waals surface area contributed by atoms with Crippen LogP contribution in [0.25, 0.3) is 0 Å². The summed E-state index contributed by atoms with van der Waals surface area (Å²) in [7, 11) is 1.70. The molecule has 1 atom stereocenters. The molecule has 5 heteroatoms. The predicted molar refractivity (Wildman–Crippen MR) is 64.5 cm³/mol. The number of nitrogens with zero attached hydrogens (tertiary/aromatic N) is 1. The van der Waals surface area contributed by atoms with Crippen LogP contribution in [0.5, 0.6) is 0 Å². The molecular weight excluding hydrogens is 210 g/mol. The molecule has 0 bridgehead atoms. The van der Waals surface area contributed by atoms with E-state index in [1.165, 1.54) is 0 Å². The van der Waals surface area contributed by atoms with Crippen LogP contribution in [0.2, 0.25) is 0 Å². The van der Waals surface area contributed by atoms with Crippen LogP contribution in [0.1, 0.15) is 19.0 Å². The smallest absolute Gasteiger partial charge is 0.183 e. The molecule has 0 aliphatic heterocycles. The van der Waals surface area contributed by atoms with E-state index in [0.29, 0.717) is 13.2 Å². The molecule has 3 N–H and O–H groups in total. The zero-order chi connectivity index (χ0) is 11.1. The maximum Gasteiger partial charge on any atom is 0.183 e. The molecule has 15 heavy (non-hydrogen) atoms. The fourth-order valence-corrected chi connectivity index (χ4v) is 2.18. The van der Waals surface area contributed by atoms with Crippen molar-refractivity contribution in [3.63, 3.8) is 0 Å². The van der Waals surface area contributed by atoms with Crippen LogP contribution in [0.4, 0.5) is 5.13 Å². The first-order valence-electron chi connectivity index (χ1n) is 5.20. The molecule has 4 nitrogen and oxygen atoms in total. The molecule has 0 aliphatic carbocycles. The molecule has 1 aromatic rings. The minimum atomic E-state index is 0.260. The minimum Gasteiger partial charge on any atom is -0.383 e. The van der Waals surface area contributed by atoms with Gasteiger partial charge in [-0.25, -0.2) is 4.98 Å². The standard InChI is InChI=1S/C10H19N3OS/c1-3-8-7-15-10(12-8)13-9(4-5-11)6-14-2/h7,9H,3-6,11H2,1-2H3,(H,12,13). The van der Waals surface area contributed by atoms with E-state index >= 15 is 0 Å². The van der Waals surface area contributed by atoms with Gasteiger partial charge < -0.3 is 15.8 Å². The summed E-state index contributed by atoms with van der Waals surface area (Å²) in [6.45, 7) is 3.43. The highest BCUT2D eigenvalue weighted by Crippen LogP contribution is 2.17. The number of hydrogen-bond donors (Lipinski definition) is 2. The van der Waals surface area contributed by atoms with Crippen LogP contribution in [0.15, 0.2) is 5.38 Å². The number of aryl methyl sites for hydroxylation is 1. The number of anilines is 1. The second-order valence-electron chi connectivity index (χ2n) is 3.37. The molecular formula is C10H19N3OS. The average Bonchev–Trinajstić information content (AvgIpc) is 2.66. The molecule has 1 rings (SSSR count). The molecule has 0 spiro atoms. The lowest BCUT2D eigenvalue weighted by Crippen LogP contribution is -2.27. The van der Waals surface area contributed by atoms with Gasteiger partial charge in [-0.3, -0.25) is 0 Å². The fourth-order valence-electron chi connectivity index (χ4n) is 1.31. The Kier molecular flexibility index (Phi) is 5.60. The van der Waals surface area contributed by atoms with Crippen LogP contribution in [-0.2, 0) is 11.2 Å². The summed E-state index contributed by atoms with van der Waals surface area (Å²) in [5.41, 5.74) is 6.66. The highest BCUT2D eigenvalue weighted by molar-refractivity contribution is 7.13. The average molecular weight is 229 g/mol. The monoisotopic (exact) mass is 229 g/mol. The van der Waals surface area contributed by atoms with Crippen molar-refractivity contribution in [2.24, 2.45) is 5.73 Å². The third-order valence-corrected chi connectivity index (χ3v) is 2.95. The van der Waals surface area contributed by atoms with Gasteiger partial charge in [0.15, 0.2) is 5.13 Å². The van der Waals surface area contributed by atoms with Crippen LogP contribution in [-0.4, -0.2) is 31.3 Å². The Morgan fingerprint density at radius 2 is 2.47 bits per heavy atom. The van der Waals surface area contributed by atoms with Gasteiger partial charge in [-0.1, -0.05) is 6.92 Å². The second kappa shape index (κ2) is 6.76. The lowest BCUT2D eigenvalue weighted by atomic mass is 10.2. The van der Waals surface area contributed by atoms with E-state index in [0.717, 1.165) is 23.7 Å². The van der Waals surface area contributed by atoms with Crippen LogP contribution < -0.4 is 11.1 Å². The molecule has 0 saturated heterocycles. The zero-order valence-corrected chi connectivity index (χ0v) is 10.1. The van der Waals surface area contributed by atoms with E-state index in [2.05, 4.69) is 22.6 Å². The van der Waals surface area contributed by atoms with E-state index < -0.39 is 0 Å². The largest absolute Gasteiger partial charge is 0.383 e. The summed E-state index contributed by atoms with van der Waals surface area (Å²) in [4.78, 5) is 4.44. The molecule has 1 heterocycles. The zero-order valence-electron chi connectivity index (χ0n) is 9.32. The predicted octanol–water partition coefficient (Wildman–Crippen LogP) is 1.48. The molecule has 0 aromatic carbocycles. The molecule has 0 fully saturated rings. The Hall–Kier alpha value is -0.650. The van der Waals surface area contributed by atoms with Crippen molar-refractivity contribution in [3.05, 3.63) is 11.1 Å². The van der Waals surface area contributed by atoms with Crippen molar-refractivity contribution >= 4 is 16.5 Å². The Labute approximate surface area is 94.8 Å². The number of methoxy groups -OCH3 is 1. The topological polar surface area (TPSA) is 60.2 Å². The third kappa shape index (κ3) is 4.15. The van der Waals surface area contributed by atoms with Gasteiger partial charge in [0, 0.05) is 12.5 Å². The van der Waals surface area contributed by atoms with Gasteiger partial charge in [-0.2, -0.15) is 0 Å². The SMILES string of the molecule is CCc1csc(NC(CCN)COC)n1. The number of thiazole rings is 1. The first kappa shape index (κ1) is 12.4. The van der Waals surface area contributed by atoms with Crippen molar-refractivity contribution in [1.82, 2.24) is 4.98 Å². The first-order chi connectivity index (χ1) is 7.30. The maximum atomic E-state index is 5.53. The Morgan fingerprint density at radius 1 is 1.67 bits per heavy atom. The molecule has 0 saturated carbocycles. The Balaban J connectivity index is 2.48. The molecule has 0 radical (unpaired) electrons. The number of rotatable bonds is 7. The molecule has 0 amide bonds. The van der Waals surface area contributed by atoms with E-state index in [1.54, 1.807) is 18.4 Å². The van der Waals surface area contributed by atoms with Crippen molar-refractivity contribution in [2.45, 2.75) is 25.8 Å². The van der Waals surface area contributed by atoms with E-state index in [9.17, 15) is 0 Å². The second-order valence-corrected chi connectivity index (χ2v) is 4.23. The van der Waals surface area contributed by atoms with Crippen molar-refractivity contribution in [1.29, 1.82) is 0 Å². The molecule has 1 unspecified atom stereocenters. The lowest BCUT2D eigenvalue weighted by molar-refractivity contribution is 0.183. The highest BCUT2D eigenvalue weighted by Gasteiger charge is 2.09. The number of ether oxygens (including phenoxy) is 1. The van der Waals surface area contributed by atoms with Gasteiger partial charge in [0.1, 0.15) is 0 Å². The van der Waals surface area contributed by atoms with Crippen LogP contribution in [0, 0.1) is 0 Å². The number of hydrogen-bond acceptors (Lipinski definition) is 5. The summed E-state index contributed by atoms with van der Waals surface area (Å²) < 4.78 is 5.12. The quantitative estimate of drug-likeness (QED) is 0.743. The highest BCUT2D eigenvalue weighted by atomic mass is 32.1. The van der Waals surface area contributed by atoms with Crippen molar-refractivity contribution in [3.8, 4) is 0 Å².